The molecule has 0 saturated carbocycles. The molecule has 0 spiro atoms. The summed E-state index contributed by atoms with van der Waals surface area (Å²) in [5, 5.41) is 5.06. The van der Waals surface area contributed by atoms with E-state index in [2.05, 4.69) is 10.5 Å². The minimum atomic E-state index is 0.137. The number of rotatable bonds is 4. The number of nitrogens with zero attached hydrogens (tertiary/aromatic N) is 1. The number of hydrazone groups is 1. The van der Waals surface area contributed by atoms with Crippen LogP contribution in [-0.2, 0) is 0 Å². The van der Waals surface area contributed by atoms with Gasteiger partial charge in [-0.05, 0) is 48.5 Å². The van der Waals surface area contributed by atoms with Gasteiger partial charge in [-0.1, -0.05) is 54.1 Å². The summed E-state index contributed by atoms with van der Waals surface area (Å²) in [6.07, 6.45) is 2.05. The normalized spacial score (nSPS) is 12.1. The van der Waals surface area contributed by atoms with Crippen LogP contribution in [0.5, 0.6) is 0 Å². The van der Waals surface area contributed by atoms with Crippen molar-refractivity contribution in [3.63, 3.8) is 0 Å². The number of benzene rings is 2. The van der Waals surface area contributed by atoms with E-state index in [0.717, 1.165) is 22.4 Å². The van der Waals surface area contributed by atoms with Crippen molar-refractivity contribution in [2.45, 2.75) is 6.92 Å². The van der Waals surface area contributed by atoms with Crippen LogP contribution in [0, 0.1) is 0 Å². The minimum Gasteiger partial charge on any atom is -0.375 e. The van der Waals surface area contributed by atoms with Crippen LogP contribution in [0.25, 0.3) is 11.6 Å². The quantitative estimate of drug-likeness (QED) is 0.384. The highest BCUT2D eigenvalue weighted by molar-refractivity contribution is 7.80. The second-order valence-corrected chi connectivity index (χ2v) is 5.53. The number of nitrogens with one attached hydrogen (secondary N) is 1. The molecule has 0 amide bonds. The third-order valence-corrected chi connectivity index (χ3v) is 3.33. The van der Waals surface area contributed by atoms with E-state index in [1.807, 2.05) is 67.6 Å². The summed E-state index contributed by atoms with van der Waals surface area (Å²) in [6, 6.07) is 17.6. The molecule has 3 nitrogen and oxygen atoms in total. The molecule has 0 aromatic heterocycles. The van der Waals surface area contributed by atoms with Crippen molar-refractivity contribution < 1.29 is 0 Å². The number of hydrogen-bond donors (Lipinski definition) is 2. The van der Waals surface area contributed by atoms with Crippen LogP contribution in [0.1, 0.15) is 18.1 Å². The molecular formula is C17H16ClN3S. The van der Waals surface area contributed by atoms with Gasteiger partial charge in [-0.15, -0.1) is 0 Å². The lowest BCUT2D eigenvalue weighted by Crippen LogP contribution is -2.25. The fourth-order valence-electron chi connectivity index (χ4n) is 1.94. The van der Waals surface area contributed by atoms with Crippen LogP contribution < -0.4 is 11.2 Å². The summed E-state index contributed by atoms with van der Waals surface area (Å²) in [5.41, 5.74) is 11.9. The molecular weight excluding hydrogens is 314 g/mol. The van der Waals surface area contributed by atoms with Crippen molar-refractivity contribution in [1.82, 2.24) is 5.43 Å². The molecule has 0 atom stereocenters. The van der Waals surface area contributed by atoms with E-state index in [4.69, 9.17) is 29.6 Å². The van der Waals surface area contributed by atoms with E-state index in [1.54, 1.807) is 0 Å². The van der Waals surface area contributed by atoms with Crippen molar-refractivity contribution in [2.75, 3.05) is 0 Å². The first kappa shape index (κ1) is 16.2. The van der Waals surface area contributed by atoms with Gasteiger partial charge in [0.15, 0.2) is 5.11 Å². The molecule has 3 N–H and O–H groups in total. The molecule has 0 aliphatic heterocycles. The molecule has 0 aliphatic rings. The summed E-state index contributed by atoms with van der Waals surface area (Å²) < 4.78 is 0. The molecule has 0 saturated heterocycles. The van der Waals surface area contributed by atoms with Gasteiger partial charge in [-0.2, -0.15) is 5.10 Å². The maximum absolute atomic E-state index is 5.93. The van der Waals surface area contributed by atoms with E-state index < -0.39 is 0 Å². The Kier molecular flexibility index (Phi) is 5.69. The summed E-state index contributed by atoms with van der Waals surface area (Å²) >= 11 is 10.7. The fraction of sp³-hybridized carbons (Fsp3) is 0.0588. The van der Waals surface area contributed by atoms with Crippen molar-refractivity contribution in [3.8, 4) is 0 Å². The van der Waals surface area contributed by atoms with Crippen molar-refractivity contribution in [2.24, 2.45) is 10.8 Å². The van der Waals surface area contributed by atoms with Gasteiger partial charge < -0.3 is 5.73 Å². The molecule has 0 heterocycles. The van der Waals surface area contributed by atoms with Crippen molar-refractivity contribution >= 4 is 46.3 Å². The number of thiocarbonyl (C=S) groups is 1. The predicted octanol–water partition coefficient (Wildman–Crippen LogP) is 4.09. The van der Waals surface area contributed by atoms with E-state index in [-0.39, 0.29) is 5.11 Å². The molecule has 22 heavy (non-hydrogen) atoms. The first-order chi connectivity index (χ1) is 10.6. The molecule has 2 aromatic rings. The van der Waals surface area contributed by atoms with Crippen molar-refractivity contribution in [3.05, 3.63) is 70.7 Å². The van der Waals surface area contributed by atoms with Gasteiger partial charge >= 0.3 is 0 Å². The van der Waals surface area contributed by atoms with Gasteiger partial charge in [0.2, 0.25) is 0 Å². The highest BCUT2D eigenvalue weighted by Gasteiger charge is 2.06. The molecule has 0 aliphatic carbocycles. The Morgan fingerprint density at radius 2 is 1.77 bits per heavy atom. The zero-order valence-electron chi connectivity index (χ0n) is 12.1. The van der Waals surface area contributed by atoms with Gasteiger partial charge in [-0.25, -0.2) is 0 Å². The highest BCUT2D eigenvalue weighted by atomic mass is 35.5. The van der Waals surface area contributed by atoms with Crippen LogP contribution in [0.2, 0.25) is 5.02 Å². The maximum Gasteiger partial charge on any atom is 0.184 e. The molecule has 5 heteroatoms. The lowest BCUT2D eigenvalue weighted by atomic mass is 9.99. The third kappa shape index (κ3) is 4.69. The topological polar surface area (TPSA) is 50.4 Å². The van der Waals surface area contributed by atoms with Gasteiger partial charge in [0.25, 0.3) is 0 Å². The SMILES string of the molecule is CC(=NNC(N)=S)C(=Cc1ccc(Cl)cc1)c1ccccc1. The van der Waals surface area contributed by atoms with Gasteiger partial charge in [-0.3, -0.25) is 5.43 Å². The highest BCUT2D eigenvalue weighted by Crippen LogP contribution is 2.21. The van der Waals surface area contributed by atoms with E-state index in [1.165, 1.54) is 0 Å². The predicted molar refractivity (Wildman–Crippen MR) is 98.8 cm³/mol. The molecule has 2 aromatic carbocycles. The Labute approximate surface area is 140 Å². The van der Waals surface area contributed by atoms with Crippen LogP contribution in [0.4, 0.5) is 0 Å². The summed E-state index contributed by atoms with van der Waals surface area (Å²) in [5.74, 6) is 0. The Balaban J connectivity index is 2.43. The Bertz CT molecular complexity index is 706. The van der Waals surface area contributed by atoms with Crippen LogP contribution in [-0.4, -0.2) is 10.8 Å². The average Bonchev–Trinajstić information content (AvgIpc) is 2.53. The standard InChI is InChI=1S/C17H16ClN3S/c1-12(20-21-17(19)22)16(14-5-3-2-4-6-14)11-13-7-9-15(18)10-8-13/h2-11H,1H3,(H3,19,21,22). The second kappa shape index (κ2) is 7.73. The summed E-state index contributed by atoms with van der Waals surface area (Å²) in [6.45, 7) is 1.90. The zero-order chi connectivity index (χ0) is 15.9. The number of hydrogen-bond acceptors (Lipinski definition) is 2. The number of halogens is 1. The maximum atomic E-state index is 5.93. The van der Waals surface area contributed by atoms with Gasteiger partial charge in [0.05, 0.1) is 5.71 Å². The third-order valence-electron chi connectivity index (χ3n) is 2.99. The Morgan fingerprint density at radius 3 is 2.36 bits per heavy atom. The zero-order valence-corrected chi connectivity index (χ0v) is 13.7. The van der Waals surface area contributed by atoms with Crippen molar-refractivity contribution in [1.29, 1.82) is 0 Å². The van der Waals surface area contributed by atoms with E-state index in [9.17, 15) is 0 Å². The fourth-order valence-corrected chi connectivity index (χ4v) is 2.11. The average molecular weight is 330 g/mol. The minimum absolute atomic E-state index is 0.137. The first-order valence-corrected chi connectivity index (χ1v) is 7.47. The molecule has 0 radical (unpaired) electrons. The lowest BCUT2D eigenvalue weighted by Gasteiger charge is -2.09. The smallest absolute Gasteiger partial charge is 0.184 e. The second-order valence-electron chi connectivity index (χ2n) is 4.65. The van der Waals surface area contributed by atoms with E-state index in [0.29, 0.717) is 5.02 Å². The van der Waals surface area contributed by atoms with Gasteiger partial charge in [0, 0.05) is 10.6 Å². The summed E-state index contributed by atoms with van der Waals surface area (Å²) in [7, 11) is 0. The van der Waals surface area contributed by atoms with Crippen LogP contribution >= 0.6 is 23.8 Å². The summed E-state index contributed by atoms with van der Waals surface area (Å²) in [4.78, 5) is 0. The molecule has 0 bridgehead atoms. The number of allylic oxidation sites excluding steroid dienone is 1. The lowest BCUT2D eigenvalue weighted by molar-refractivity contribution is 1.03. The van der Waals surface area contributed by atoms with Gasteiger partial charge in [0.1, 0.15) is 0 Å². The Hall–Kier alpha value is -2.17. The van der Waals surface area contributed by atoms with Crippen LogP contribution in [0.3, 0.4) is 0 Å². The Morgan fingerprint density at radius 1 is 1.14 bits per heavy atom. The van der Waals surface area contributed by atoms with Crippen LogP contribution in [0.15, 0.2) is 59.7 Å². The van der Waals surface area contributed by atoms with E-state index >= 15 is 0 Å². The monoisotopic (exact) mass is 329 g/mol. The first-order valence-electron chi connectivity index (χ1n) is 6.69. The molecule has 2 rings (SSSR count). The molecule has 0 unspecified atom stereocenters. The number of nitrogens with two attached hydrogens (primary N) is 1. The largest absolute Gasteiger partial charge is 0.375 e. The molecule has 0 fully saturated rings. The molecule has 112 valence electrons.